The first-order valence-corrected chi connectivity index (χ1v) is 11.3. The monoisotopic (exact) mass is 456 g/mol. The number of likely N-dealkylation sites (N-methyl/N-ethyl adjacent to an activating group) is 1. The zero-order valence-corrected chi connectivity index (χ0v) is 19.0. The van der Waals surface area contributed by atoms with E-state index in [0.717, 1.165) is 29.8 Å². The third-order valence-electron chi connectivity index (χ3n) is 6.00. The largest absolute Gasteiger partial charge is 0.459 e. The van der Waals surface area contributed by atoms with Crippen molar-refractivity contribution in [1.29, 1.82) is 0 Å². The Hall–Kier alpha value is -2.38. The van der Waals surface area contributed by atoms with E-state index in [1.165, 1.54) is 0 Å². The van der Waals surface area contributed by atoms with Gasteiger partial charge in [0.1, 0.15) is 0 Å². The average Bonchev–Trinajstić information content (AvgIpc) is 2.83. The van der Waals surface area contributed by atoms with Crippen molar-refractivity contribution in [3.63, 3.8) is 0 Å². The smallest absolute Gasteiger partial charge is 0.288 e. The minimum Gasteiger partial charge on any atom is -0.459 e. The van der Waals surface area contributed by atoms with Crippen LogP contribution in [-0.4, -0.2) is 60.3 Å². The van der Waals surface area contributed by atoms with Crippen molar-refractivity contribution in [3.8, 4) is 0 Å². The molecule has 1 N–H and O–H groups in total. The summed E-state index contributed by atoms with van der Waals surface area (Å²) in [5, 5.41) is 9.89. The molecule has 0 bridgehead atoms. The number of amides is 1. The maximum atomic E-state index is 13.2. The predicted octanol–water partition coefficient (Wildman–Crippen LogP) is 3.54. The number of carbonyl (C=O) groups is 1. The molecule has 0 radical (unpaired) electrons. The fraction of sp³-hybridized carbons (Fsp3) is 0.400. The summed E-state index contributed by atoms with van der Waals surface area (Å²) in [6.45, 7) is 3.44. The topological polar surface area (TPSA) is 62.2 Å². The first-order chi connectivity index (χ1) is 15.5. The molecule has 170 valence electrons. The van der Waals surface area contributed by atoms with Gasteiger partial charge in [-0.05, 0) is 41.9 Å². The molecule has 1 amide bonds. The number of piperazine rings is 1. The third-order valence-corrected chi connectivity index (χ3v) is 6.25. The summed E-state index contributed by atoms with van der Waals surface area (Å²) in [6.07, 6.45) is 1.99. The quantitative estimate of drug-likeness (QED) is 0.720. The van der Waals surface area contributed by atoms with Crippen molar-refractivity contribution in [3.05, 3.63) is 82.1 Å². The SMILES string of the molecule is CN1CCN(C(=O)C2=C[C@@H](c3ccc(Cl)cc3)C[C@@H](OCc3ccc(CO)cc3)O2)CC1. The number of halogens is 1. The van der Waals surface area contributed by atoms with Gasteiger partial charge in [-0.25, -0.2) is 0 Å². The molecule has 1 fully saturated rings. The number of carbonyl (C=O) groups excluding carboxylic acids is 1. The number of allylic oxidation sites excluding steroid dienone is 1. The van der Waals surface area contributed by atoms with Gasteiger partial charge in [0.2, 0.25) is 6.29 Å². The second-order valence-electron chi connectivity index (χ2n) is 8.35. The lowest BCUT2D eigenvalue weighted by Gasteiger charge is -2.35. The van der Waals surface area contributed by atoms with Crippen molar-refractivity contribution in [2.24, 2.45) is 0 Å². The Balaban J connectivity index is 1.49. The molecule has 6 nitrogen and oxygen atoms in total. The summed E-state index contributed by atoms with van der Waals surface area (Å²) >= 11 is 6.07. The normalized spacial score (nSPS) is 21.7. The van der Waals surface area contributed by atoms with E-state index in [4.69, 9.17) is 21.1 Å². The van der Waals surface area contributed by atoms with Gasteiger partial charge in [-0.1, -0.05) is 48.0 Å². The minimum absolute atomic E-state index is 0.00537. The predicted molar refractivity (Wildman–Crippen MR) is 123 cm³/mol. The van der Waals surface area contributed by atoms with Gasteiger partial charge in [0.15, 0.2) is 5.76 Å². The molecule has 32 heavy (non-hydrogen) atoms. The molecule has 0 aliphatic carbocycles. The van der Waals surface area contributed by atoms with E-state index in [1.54, 1.807) is 0 Å². The Kier molecular flexibility index (Phi) is 7.48. The Morgan fingerprint density at radius 3 is 2.38 bits per heavy atom. The van der Waals surface area contributed by atoms with E-state index in [-0.39, 0.29) is 18.4 Å². The number of rotatable bonds is 6. The number of hydrogen-bond acceptors (Lipinski definition) is 5. The Morgan fingerprint density at radius 2 is 1.72 bits per heavy atom. The fourth-order valence-electron chi connectivity index (χ4n) is 3.95. The van der Waals surface area contributed by atoms with Crippen LogP contribution in [0.5, 0.6) is 0 Å². The van der Waals surface area contributed by atoms with Crippen LogP contribution in [0.1, 0.15) is 29.0 Å². The number of hydrogen-bond donors (Lipinski definition) is 1. The molecule has 2 atom stereocenters. The molecule has 2 aliphatic heterocycles. The summed E-state index contributed by atoms with van der Waals surface area (Å²) < 4.78 is 12.1. The highest BCUT2D eigenvalue weighted by atomic mass is 35.5. The van der Waals surface area contributed by atoms with Crippen LogP contribution in [-0.2, 0) is 27.5 Å². The van der Waals surface area contributed by atoms with Crippen molar-refractivity contribution in [2.45, 2.75) is 31.8 Å². The summed E-state index contributed by atoms with van der Waals surface area (Å²) in [5.74, 6) is 0.258. The number of nitrogens with zero attached hydrogens (tertiary/aromatic N) is 2. The zero-order valence-electron chi connectivity index (χ0n) is 18.2. The van der Waals surface area contributed by atoms with Crippen LogP contribution in [0.4, 0.5) is 0 Å². The second kappa shape index (κ2) is 10.5. The number of aliphatic hydroxyl groups excluding tert-OH is 1. The fourth-order valence-corrected chi connectivity index (χ4v) is 4.07. The molecular weight excluding hydrogens is 428 g/mol. The molecule has 2 heterocycles. The first kappa shape index (κ1) is 22.8. The maximum absolute atomic E-state index is 13.2. The molecule has 2 aliphatic rings. The standard InChI is InChI=1S/C25H29ClN2O4/c1-27-10-12-28(13-11-27)25(30)23-14-21(20-6-8-22(26)9-7-20)15-24(32-23)31-17-19-4-2-18(16-29)3-5-19/h2-9,14,21,24,29H,10-13,15-17H2,1H3/t21-,24+/m1/s1. The van der Waals surface area contributed by atoms with E-state index in [1.807, 2.05) is 59.5 Å². The van der Waals surface area contributed by atoms with E-state index in [9.17, 15) is 9.90 Å². The van der Waals surface area contributed by atoms with Crippen molar-refractivity contribution >= 4 is 17.5 Å². The van der Waals surface area contributed by atoms with Crippen LogP contribution < -0.4 is 0 Å². The van der Waals surface area contributed by atoms with Crippen LogP contribution in [0.3, 0.4) is 0 Å². The van der Waals surface area contributed by atoms with E-state index in [0.29, 0.717) is 36.9 Å². The molecule has 0 spiro atoms. The van der Waals surface area contributed by atoms with Crippen molar-refractivity contribution in [1.82, 2.24) is 9.80 Å². The lowest BCUT2D eigenvalue weighted by Crippen LogP contribution is -2.48. The maximum Gasteiger partial charge on any atom is 0.288 e. The van der Waals surface area contributed by atoms with Gasteiger partial charge in [0.05, 0.1) is 13.2 Å². The highest BCUT2D eigenvalue weighted by Gasteiger charge is 2.32. The summed E-state index contributed by atoms with van der Waals surface area (Å²) in [6, 6.07) is 15.3. The molecule has 7 heteroatoms. The molecule has 4 rings (SSSR count). The van der Waals surface area contributed by atoms with Gasteiger partial charge < -0.3 is 24.4 Å². The lowest BCUT2D eigenvalue weighted by molar-refractivity contribution is -0.156. The molecule has 2 aromatic carbocycles. The van der Waals surface area contributed by atoms with Crippen molar-refractivity contribution in [2.75, 3.05) is 33.2 Å². The number of ether oxygens (including phenoxy) is 2. The molecule has 0 unspecified atom stereocenters. The highest BCUT2D eigenvalue weighted by molar-refractivity contribution is 6.30. The Morgan fingerprint density at radius 1 is 1.06 bits per heavy atom. The minimum atomic E-state index is -0.537. The Bertz CT molecular complexity index is 937. The first-order valence-electron chi connectivity index (χ1n) is 10.9. The average molecular weight is 457 g/mol. The zero-order chi connectivity index (χ0) is 22.5. The van der Waals surface area contributed by atoms with Crippen molar-refractivity contribution < 1.29 is 19.4 Å². The molecule has 1 saturated heterocycles. The van der Waals surface area contributed by atoms with Crippen LogP contribution in [0.15, 0.2) is 60.4 Å². The van der Waals surface area contributed by atoms with Gasteiger partial charge in [0, 0.05) is 43.5 Å². The van der Waals surface area contributed by atoms with Gasteiger partial charge in [-0.15, -0.1) is 0 Å². The molecule has 0 saturated carbocycles. The van der Waals surface area contributed by atoms with Gasteiger partial charge in [-0.3, -0.25) is 4.79 Å². The second-order valence-corrected chi connectivity index (χ2v) is 8.79. The van der Waals surface area contributed by atoms with E-state index < -0.39 is 6.29 Å². The number of aliphatic hydroxyl groups is 1. The van der Waals surface area contributed by atoms with Gasteiger partial charge in [-0.2, -0.15) is 0 Å². The lowest BCUT2D eigenvalue weighted by atomic mass is 9.93. The highest BCUT2D eigenvalue weighted by Crippen LogP contribution is 2.33. The van der Waals surface area contributed by atoms with E-state index >= 15 is 0 Å². The summed E-state index contributed by atoms with van der Waals surface area (Å²) in [5.41, 5.74) is 2.91. The molecule has 0 aromatic heterocycles. The van der Waals surface area contributed by atoms with Gasteiger partial charge >= 0.3 is 0 Å². The van der Waals surface area contributed by atoms with Crippen LogP contribution in [0, 0.1) is 0 Å². The van der Waals surface area contributed by atoms with Gasteiger partial charge in [0.25, 0.3) is 5.91 Å². The molecular formula is C25H29ClN2O4. The summed E-state index contributed by atoms with van der Waals surface area (Å²) in [4.78, 5) is 17.3. The Labute approximate surface area is 194 Å². The van der Waals surface area contributed by atoms with Crippen LogP contribution in [0.2, 0.25) is 5.02 Å². The molecule has 2 aromatic rings. The van der Waals surface area contributed by atoms with Crippen LogP contribution in [0.25, 0.3) is 0 Å². The van der Waals surface area contributed by atoms with E-state index in [2.05, 4.69) is 11.9 Å². The summed E-state index contributed by atoms with van der Waals surface area (Å²) in [7, 11) is 2.06. The third kappa shape index (κ3) is 5.70. The number of benzene rings is 2. The van der Waals surface area contributed by atoms with Crippen LogP contribution >= 0.6 is 11.6 Å².